The van der Waals surface area contributed by atoms with E-state index in [0.29, 0.717) is 76.3 Å². The van der Waals surface area contributed by atoms with Crippen LogP contribution in [0.3, 0.4) is 0 Å². The largest absolute Gasteiger partial charge is 0.493 e. The van der Waals surface area contributed by atoms with Crippen molar-refractivity contribution in [2.24, 2.45) is 0 Å². The Morgan fingerprint density at radius 3 is 1.69 bits per heavy atom. The zero-order valence-corrected chi connectivity index (χ0v) is 38.7. The second-order valence-corrected chi connectivity index (χ2v) is 16.5. The molecular formula is C47H65ClN2O12+2. The van der Waals surface area contributed by atoms with Gasteiger partial charge in [0, 0.05) is 42.9 Å². The number of benzene rings is 3. The highest BCUT2D eigenvalue weighted by Gasteiger charge is 2.40. The number of hydrogen-bond acceptors (Lipinski definition) is 12. The molecule has 2 atom stereocenters. The highest BCUT2D eigenvalue weighted by Crippen LogP contribution is 2.45. The topological polar surface area (TPSA) is 126 Å². The lowest BCUT2D eigenvalue weighted by atomic mass is 9.86. The molecule has 2 aliphatic rings. The van der Waals surface area contributed by atoms with Crippen LogP contribution in [0.4, 0.5) is 0 Å². The maximum absolute atomic E-state index is 12.9. The molecule has 0 bridgehead atoms. The number of ether oxygens (including phenoxy) is 10. The van der Waals surface area contributed by atoms with Gasteiger partial charge in [-0.05, 0) is 66.8 Å². The van der Waals surface area contributed by atoms with E-state index in [1.165, 1.54) is 12.0 Å². The molecule has 0 saturated carbocycles. The number of likely N-dealkylation sites (tertiary alicyclic amines) is 1. The van der Waals surface area contributed by atoms with E-state index in [4.69, 9.17) is 59.0 Å². The number of halogens is 1. The van der Waals surface area contributed by atoms with Crippen molar-refractivity contribution >= 4 is 23.5 Å². The van der Waals surface area contributed by atoms with Crippen molar-refractivity contribution in [3.63, 3.8) is 0 Å². The molecule has 0 spiro atoms. The highest BCUT2D eigenvalue weighted by atomic mass is 35.5. The zero-order chi connectivity index (χ0) is 44.9. The molecule has 0 aliphatic carbocycles. The zero-order valence-electron chi connectivity index (χ0n) is 37.9. The van der Waals surface area contributed by atoms with Crippen LogP contribution in [0.15, 0.2) is 47.5 Å². The summed E-state index contributed by atoms with van der Waals surface area (Å²) in [5, 5.41) is -0.328. The fraction of sp³-hybridized carbons (Fsp3) is 0.532. The summed E-state index contributed by atoms with van der Waals surface area (Å²) in [6.07, 6.45) is 7.11. The molecule has 15 heteroatoms. The second-order valence-electron chi connectivity index (χ2n) is 16.1. The van der Waals surface area contributed by atoms with Gasteiger partial charge in [0.25, 0.3) is 0 Å². The maximum atomic E-state index is 12.9. The van der Waals surface area contributed by atoms with Gasteiger partial charge in [0.2, 0.25) is 11.5 Å². The van der Waals surface area contributed by atoms with Crippen LogP contribution >= 0.6 is 11.6 Å². The third kappa shape index (κ3) is 11.5. The monoisotopic (exact) mass is 884 g/mol. The smallest absolute Gasteiger partial charge is 0.350 e. The minimum atomic E-state index is -0.774. The van der Waals surface area contributed by atoms with Gasteiger partial charge in [0.05, 0.1) is 110 Å². The molecule has 0 N–H and O–H groups in total. The molecule has 0 amide bonds. The second kappa shape index (κ2) is 22.3. The minimum Gasteiger partial charge on any atom is -0.493 e. The summed E-state index contributed by atoms with van der Waals surface area (Å²) in [5.41, 5.74) is 4.43. The number of quaternary nitrogens is 2. The first-order valence-electron chi connectivity index (χ1n) is 21.1. The molecule has 14 nitrogen and oxygen atoms in total. The van der Waals surface area contributed by atoms with Crippen LogP contribution in [0.1, 0.15) is 60.4 Å². The van der Waals surface area contributed by atoms with Crippen LogP contribution in [0.2, 0.25) is 0 Å². The molecule has 3 aromatic carbocycles. The predicted octanol–water partition coefficient (Wildman–Crippen LogP) is 7.23. The third-order valence-electron chi connectivity index (χ3n) is 12.3. The Balaban J connectivity index is 1.18. The lowest BCUT2D eigenvalue weighted by Crippen LogP contribution is -2.52. The van der Waals surface area contributed by atoms with E-state index >= 15 is 0 Å². The van der Waals surface area contributed by atoms with Crippen LogP contribution in [0.25, 0.3) is 0 Å². The summed E-state index contributed by atoms with van der Waals surface area (Å²) in [5.74, 6) is 3.38. The van der Waals surface area contributed by atoms with Gasteiger partial charge in [-0.1, -0.05) is 11.6 Å². The van der Waals surface area contributed by atoms with Gasteiger partial charge in [-0.15, -0.1) is 0 Å². The molecular weight excluding hydrogens is 820 g/mol. The van der Waals surface area contributed by atoms with Gasteiger partial charge in [0.15, 0.2) is 34.5 Å². The van der Waals surface area contributed by atoms with Crippen molar-refractivity contribution in [2.75, 3.05) is 110 Å². The van der Waals surface area contributed by atoms with Crippen molar-refractivity contribution < 1.29 is 65.9 Å². The molecule has 1 fully saturated rings. The summed E-state index contributed by atoms with van der Waals surface area (Å²) in [4.78, 5) is 25.7. The van der Waals surface area contributed by atoms with Gasteiger partial charge in [-0.3, -0.25) is 0 Å². The molecule has 1 saturated heterocycles. The number of likely N-dealkylation sites (N-methyl/N-ethyl adjacent to an activating group) is 1. The van der Waals surface area contributed by atoms with E-state index in [0.717, 1.165) is 79.2 Å². The maximum Gasteiger partial charge on any atom is 0.350 e. The first kappa shape index (κ1) is 48.0. The highest BCUT2D eigenvalue weighted by molar-refractivity contribution is 6.42. The van der Waals surface area contributed by atoms with Crippen molar-refractivity contribution in [3.8, 4) is 46.0 Å². The van der Waals surface area contributed by atoms with Crippen LogP contribution in [-0.4, -0.2) is 131 Å². The summed E-state index contributed by atoms with van der Waals surface area (Å²) < 4.78 is 57.6. The first-order chi connectivity index (χ1) is 29.9. The molecule has 2 unspecified atom stereocenters. The van der Waals surface area contributed by atoms with Crippen molar-refractivity contribution in [1.29, 1.82) is 0 Å². The van der Waals surface area contributed by atoms with Gasteiger partial charge in [0.1, 0.15) is 17.6 Å². The number of carbonyl (C=O) groups is 2. The number of hydrogen-bond donors (Lipinski definition) is 0. The van der Waals surface area contributed by atoms with Crippen LogP contribution in [-0.2, 0) is 38.4 Å². The molecule has 5 rings (SSSR count). The summed E-state index contributed by atoms with van der Waals surface area (Å²) in [7, 11) is 15.1. The molecule has 2 heterocycles. The van der Waals surface area contributed by atoms with Crippen LogP contribution < -0.4 is 37.9 Å². The van der Waals surface area contributed by atoms with E-state index in [1.54, 1.807) is 56.9 Å². The van der Waals surface area contributed by atoms with Gasteiger partial charge in [-0.25, -0.2) is 9.59 Å². The average Bonchev–Trinajstić information content (AvgIpc) is 3.29. The molecule has 340 valence electrons. The molecule has 0 aromatic heterocycles. The Morgan fingerprint density at radius 1 is 0.629 bits per heavy atom. The van der Waals surface area contributed by atoms with E-state index < -0.39 is 11.9 Å². The number of carbonyl (C=O) groups excluding carboxylic acids is 2. The van der Waals surface area contributed by atoms with Crippen LogP contribution in [0, 0.1) is 0 Å². The standard InChI is InChI=1S/C47H65ClN2O12/c1-49(20-15-34-28-38(53-2)39(54-3)29-35(34)37(49)23-32-24-40(55-4)45(59-8)41(25-32)56-5)16-13-22-62-47(52)36(48)30-44(51)61-21-14-19-50(17-11-10-12-18-50)31-33-26-42(57-6)46(60-9)43(27-33)58-7/h24-30,37H,10-23,31H2,1-9H3/q+2. The van der Waals surface area contributed by atoms with Gasteiger partial charge < -0.3 is 56.3 Å². The van der Waals surface area contributed by atoms with Crippen LogP contribution in [0.5, 0.6) is 46.0 Å². The van der Waals surface area contributed by atoms with E-state index in [1.807, 2.05) is 24.3 Å². The fourth-order valence-electron chi connectivity index (χ4n) is 9.10. The van der Waals surface area contributed by atoms with E-state index in [-0.39, 0.29) is 24.3 Å². The Bertz CT molecular complexity index is 1980. The summed E-state index contributed by atoms with van der Waals surface area (Å²) in [6, 6.07) is 12.1. The fourth-order valence-corrected chi connectivity index (χ4v) is 9.24. The quantitative estimate of drug-likeness (QED) is 0.0438. The molecule has 0 radical (unpaired) electrons. The number of methoxy groups -OCH3 is 8. The third-order valence-corrected chi connectivity index (χ3v) is 12.6. The molecule has 62 heavy (non-hydrogen) atoms. The van der Waals surface area contributed by atoms with Crippen molar-refractivity contribution in [3.05, 3.63) is 69.8 Å². The molecule has 3 aromatic rings. The Morgan fingerprint density at radius 2 is 1.15 bits per heavy atom. The lowest BCUT2D eigenvalue weighted by molar-refractivity contribution is -0.945. The lowest BCUT2D eigenvalue weighted by Gasteiger charge is -2.46. The molecule has 2 aliphatic heterocycles. The Labute approximate surface area is 371 Å². The number of fused-ring (bicyclic) bond motifs is 1. The predicted molar refractivity (Wildman–Crippen MR) is 235 cm³/mol. The van der Waals surface area contributed by atoms with Crippen molar-refractivity contribution in [1.82, 2.24) is 0 Å². The number of esters is 2. The minimum absolute atomic E-state index is 0.00316. The van der Waals surface area contributed by atoms with Gasteiger partial charge in [-0.2, -0.15) is 0 Å². The normalized spacial score (nSPS) is 18.2. The van der Waals surface area contributed by atoms with Crippen molar-refractivity contribution in [2.45, 2.75) is 57.5 Å². The Hall–Kier alpha value is -5.05. The number of rotatable bonds is 22. The summed E-state index contributed by atoms with van der Waals surface area (Å²) in [6.45, 7) is 5.48. The average molecular weight is 885 g/mol. The SMILES string of the molecule is COc1cc2c(cc1OC)C(Cc1cc(OC)c(OC)c(OC)c1)[N+](C)(CCCOC(=O)C(Cl)=CC(=O)OCCC[N+]1(Cc3cc(OC)c(OC)c(OC)c3)CCCCC1)CC2. The Kier molecular flexibility index (Phi) is 17.3. The summed E-state index contributed by atoms with van der Waals surface area (Å²) >= 11 is 6.29. The van der Waals surface area contributed by atoms with Gasteiger partial charge >= 0.3 is 11.9 Å². The number of nitrogens with zero attached hydrogens (tertiary/aromatic N) is 2. The first-order valence-corrected chi connectivity index (χ1v) is 21.5. The number of piperidine rings is 1. The van der Waals surface area contributed by atoms with E-state index in [9.17, 15) is 9.59 Å². The van der Waals surface area contributed by atoms with E-state index in [2.05, 4.69) is 19.2 Å².